The van der Waals surface area contributed by atoms with E-state index in [1.165, 1.54) is 24.3 Å². The molecule has 3 aromatic carbocycles. The number of ether oxygens (including phenoxy) is 2. The molecule has 0 saturated carbocycles. The number of esters is 1. The average molecular weight is 333 g/mol. The predicted molar refractivity (Wildman–Crippen MR) is 88.0 cm³/mol. The minimum Gasteiger partial charge on any atom is -0.508 e. The second-order valence-electron chi connectivity index (χ2n) is 5.99. The van der Waals surface area contributed by atoms with Gasteiger partial charge in [-0.25, -0.2) is 4.79 Å². The normalized spacial score (nSPS) is 20.2. The van der Waals surface area contributed by atoms with Crippen molar-refractivity contribution in [2.24, 2.45) is 0 Å². The number of phenols is 2. The quantitative estimate of drug-likeness (QED) is 0.614. The van der Waals surface area contributed by atoms with Crippen molar-refractivity contribution in [3.63, 3.8) is 0 Å². The predicted octanol–water partition coefficient (Wildman–Crippen LogP) is 3.67. The lowest BCUT2D eigenvalue weighted by Crippen LogP contribution is -2.32. The van der Waals surface area contributed by atoms with Crippen LogP contribution in [0.2, 0.25) is 0 Å². The molecule has 1 spiro atoms. The van der Waals surface area contributed by atoms with E-state index in [-0.39, 0.29) is 23.3 Å². The van der Waals surface area contributed by atoms with E-state index >= 15 is 0 Å². The third kappa shape index (κ3) is 1.69. The Morgan fingerprint density at radius 2 is 1.60 bits per heavy atom. The molecule has 0 aromatic heterocycles. The molecule has 2 N–H and O–H groups in total. The van der Waals surface area contributed by atoms with Gasteiger partial charge in [-0.05, 0) is 30.3 Å². The molecule has 5 rings (SSSR count). The van der Waals surface area contributed by atoms with Gasteiger partial charge in [0.1, 0.15) is 23.0 Å². The van der Waals surface area contributed by atoms with Crippen LogP contribution in [0.1, 0.15) is 28.4 Å². The zero-order chi connectivity index (χ0) is 18.1. The van der Waals surface area contributed by atoms with E-state index < -0.39 is 11.6 Å². The monoisotopic (exact) mass is 333 g/mol. The third-order valence-electron chi connectivity index (χ3n) is 4.61. The molecule has 0 bridgehead atoms. The van der Waals surface area contributed by atoms with Crippen molar-refractivity contribution in [3.8, 4) is 23.0 Å². The molecule has 122 valence electrons. The van der Waals surface area contributed by atoms with E-state index in [1.54, 1.807) is 30.3 Å². The van der Waals surface area contributed by atoms with Crippen molar-refractivity contribution in [2.45, 2.75) is 5.60 Å². The second-order valence-corrected chi connectivity index (χ2v) is 5.99. The molecule has 2 heterocycles. The van der Waals surface area contributed by atoms with Crippen LogP contribution >= 0.6 is 0 Å². The average Bonchev–Trinajstić information content (AvgIpc) is 2.91. The number of aromatic hydroxyl groups is 2. The number of fused-ring (bicyclic) bond motifs is 6. The maximum absolute atomic E-state index is 12.6. The Labute approximate surface area is 144 Å². The standard InChI is InChI=1S/C20H12O5/c21-11-5-7-15-17(9-11)24-18-10-12(22)6-8-16(18)20(15)14-4-2-1-3-13(14)19(23)25-20/h1-10,21-22H/i5D. The zero-order valence-corrected chi connectivity index (χ0v) is 12.8. The van der Waals surface area contributed by atoms with Gasteiger partial charge >= 0.3 is 5.97 Å². The Morgan fingerprint density at radius 1 is 0.880 bits per heavy atom. The van der Waals surface area contributed by atoms with Crippen molar-refractivity contribution < 1.29 is 25.9 Å². The first-order chi connectivity index (χ1) is 12.5. The molecular formula is C20H12O5. The van der Waals surface area contributed by atoms with Gasteiger partial charge in [0.15, 0.2) is 5.60 Å². The molecule has 2 aliphatic rings. The van der Waals surface area contributed by atoms with Crippen LogP contribution in [0.15, 0.2) is 60.6 Å². The van der Waals surface area contributed by atoms with Gasteiger partial charge < -0.3 is 19.7 Å². The minimum atomic E-state index is -1.30. The smallest absolute Gasteiger partial charge is 0.340 e. The Hall–Kier alpha value is -3.47. The van der Waals surface area contributed by atoms with Gasteiger partial charge in [-0.1, -0.05) is 18.2 Å². The summed E-state index contributed by atoms with van der Waals surface area (Å²) in [6.45, 7) is 0. The summed E-state index contributed by atoms with van der Waals surface area (Å²) in [4.78, 5) is 12.6. The van der Waals surface area contributed by atoms with Crippen LogP contribution in [0.4, 0.5) is 0 Å². The van der Waals surface area contributed by atoms with Crippen molar-refractivity contribution >= 4 is 5.97 Å². The van der Waals surface area contributed by atoms with Crippen molar-refractivity contribution in [1.82, 2.24) is 0 Å². The molecular weight excluding hydrogens is 320 g/mol. The molecule has 0 radical (unpaired) electrons. The maximum Gasteiger partial charge on any atom is 0.340 e. The lowest BCUT2D eigenvalue weighted by atomic mass is 9.77. The van der Waals surface area contributed by atoms with Gasteiger partial charge in [0.25, 0.3) is 0 Å². The first-order valence-electron chi connectivity index (χ1n) is 8.19. The topological polar surface area (TPSA) is 76.0 Å². The van der Waals surface area contributed by atoms with Crippen LogP contribution in [0, 0.1) is 0 Å². The number of hydrogen-bond acceptors (Lipinski definition) is 5. The molecule has 1 atom stereocenters. The summed E-state index contributed by atoms with van der Waals surface area (Å²) >= 11 is 0. The van der Waals surface area contributed by atoms with Crippen LogP contribution in [0.5, 0.6) is 23.0 Å². The Morgan fingerprint density at radius 3 is 2.44 bits per heavy atom. The summed E-state index contributed by atoms with van der Waals surface area (Å²) in [6.07, 6.45) is 0. The van der Waals surface area contributed by atoms with E-state index in [1.807, 2.05) is 0 Å². The molecule has 0 fully saturated rings. The van der Waals surface area contributed by atoms with Crippen LogP contribution < -0.4 is 4.74 Å². The lowest BCUT2D eigenvalue weighted by Gasteiger charge is -2.36. The summed E-state index contributed by atoms with van der Waals surface area (Å²) in [5.41, 5.74) is 0.766. The Kier molecular flexibility index (Phi) is 2.34. The van der Waals surface area contributed by atoms with Crippen molar-refractivity contribution in [2.75, 3.05) is 0 Å². The summed E-state index contributed by atoms with van der Waals surface area (Å²) in [6, 6.07) is 14.3. The van der Waals surface area contributed by atoms with Crippen LogP contribution in [-0.2, 0) is 10.3 Å². The zero-order valence-electron chi connectivity index (χ0n) is 13.8. The number of phenolic OH excluding ortho intramolecular Hbond substituents is 2. The third-order valence-corrected chi connectivity index (χ3v) is 4.61. The van der Waals surface area contributed by atoms with Gasteiger partial charge in [0, 0.05) is 28.8 Å². The van der Waals surface area contributed by atoms with E-state index in [0.717, 1.165) is 0 Å². The van der Waals surface area contributed by atoms with Gasteiger partial charge in [-0.15, -0.1) is 0 Å². The number of hydrogen-bond donors (Lipinski definition) is 2. The fourth-order valence-electron chi connectivity index (χ4n) is 3.59. The van der Waals surface area contributed by atoms with Crippen molar-refractivity contribution in [1.29, 1.82) is 0 Å². The highest BCUT2D eigenvalue weighted by atomic mass is 16.6. The minimum absolute atomic E-state index is 0.00120. The Balaban J connectivity index is 1.92. The first kappa shape index (κ1) is 12.9. The summed E-state index contributed by atoms with van der Waals surface area (Å²) in [7, 11) is 0. The van der Waals surface area contributed by atoms with Gasteiger partial charge in [0.05, 0.1) is 6.93 Å². The van der Waals surface area contributed by atoms with Crippen LogP contribution in [-0.4, -0.2) is 16.2 Å². The summed E-state index contributed by atoms with van der Waals surface area (Å²) < 4.78 is 19.7. The first-order valence-corrected chi connectivity index (χ1v) is 7.69. The van der Waals surface area contributed by atoms with Crippen LogP contribution in [0.25, 0.3) is 0 Å². The molecule has 1 unspecified atom stereocenters. The molecule has 3 aromatic rings. The van der Waals surface area contributed by atoms with Gasteiger partial charge in [-0.2, -0.15) is 0 Å². The fraction of sp³-hybridized carbons (Fsp3) is 0.0500. The number of rotatable bonds is 0. The highest BCUT2D eigenvalue weighted by Crippen LogP contribution is 2.56. The maximum atomic E-state index is 12.6. The van der Waals surface area contributed by atoms with E-state index in [2.05, 4.69) is 0 Å². The van der Waals surface area contributed by atoms with Gasteiger partial charge in [0.2, 0.25) is 0 Å². The molecule has 0 aliphatic carbocycles. The molecule has 5 heteroatoms. The SMILES string of the molecule is [2H]c1cc2c(cc1O)Oc1cc(O)ccc1C21OC(=O)c2ccccc21. The number of carbonyl (C=O) groups is 1. The summed E-state index contributed by atoms with van der Waals surface area (Å²) in [5.74, 6) is -0.145. The second kappa shape index (κ2) is 4.54. The highest BCUT2D eigenvalue weighted by Gasteiger charge is 2.53. The number of benzene rings is 3. The Bertz CT molecular complexity index is 1110. The molecule has 25 heavy (non-hydrogen) atoms. The van der Waals surface area contributed by atoms with E-state index in [0.29, 0.717) is 28.0 Å². The molecule has 2 aliphatic heterocycles. The lowest BCUT2D eigenvalue weighted by molar-refractivity contribution is 0.0224. The largest absolute Gasteiger partial charge is 0.508 e. The van der Waals surface area contributed by atoms with E-state index in [4.69, 9.17) is 10.8 Å². The van der Waals surface area contributed by atoms with Gasteiger partial charge in [-0.3, -0.25) is 0 Å². The highest BCUT2D eigenvalue weighted by molar-refractivity contribution is 5.97. The van der Waals surface area contributed by atoms with E-state index in [9.17, 15) is 15.0 Å². The molecule has 0 amide bonds. The molecule has 0 saturated heterocycles. The van der Waals surface area contributed by atoms with Crippen LogP contribution in [0.3, 0.4) is 0 Å². The van der Waals surface area contributed by atoms with Crippen molar-refractivity contribution in [3.05, 3.63) is 82.9 Å². The fourth-order valence-corrected chi connectivity index (χ4v) is 3.59. The molecule has 5 nitrogen and oxygen atoms in total. The summed E-state index contributed by atoms with van der Waals surface area (Å²) in [5, 5.41) is 19.8. The number of carbonyl (C=O) groups excluding carboxylic acids is 1.